The second kappa shape index (κ2) is 5.62. The number of hydrogen-bond acceptors (Lipinski definition) is 3. The van der Waals surface area contributed by atoms with Crippen molar-refractivity contribution in [2.24, 2.45) is 0 Å². The molecule has 118 valence electrons. The highest BCUT2D eigenvalue weighted by atomic mass is 35.5. The Morgan fingerprint density at radius 2 is 1.88 bits per heavy atom. The van der Waals surface area contributed by atoms with Crippen molar-refractivity contribution in [1.29, 1.82) is 0 Å². The quantitative estimate of drug-likeness (QED) is 0.607. The normalized spacial score (nSPS) is 11.1. The molecule has 0 atom stereocenters. The monoisotopic (exact) mass is 336 g/mol. The minimum absolute atomic E-state index is 0.177. The van der Waals surface area contributed by atoms with E-state index in [1.807, 2.05) is 49.4 Å². The van der Waals surface area contributed by atoms with Gasteiger partial charge < -0.3 is 0 Å². The van der Waals surface area contributed by atoms with Crippen LogP contribution in [0.25, 0.3) is 28.2 Å². The van der Waals surface area contributed by atoms with Crippen LogP contribution in [-0.4, -0.2) is 19.6 Å². The van der Waals surface area contributed by atoms with Gasteiger partial charge in [0.25, 0.3) is 5.56 Å². The molecule has 0 aliphatic rings. The topological polar surface area (TPSA) is 63.0 Å². The van der Waals surface area contributed by atoms with Gasteiger partial charge >= 0.3 is 0 Å². The van der Waals surface area contributed by atoms with Crippen molar-refractivity contribution in [1.82, 2.24) is 19.6 Å². The summed E-state index contributed by atoms with van der Waals surface area (Å²) in [4.78, 5) is 21.4. The van der Waals surface area contributed by atoms with Gasteiger partial charge in [0.2, 0.25) is 0 Å². The number of benzene rings is 1. The van der Waals surface area contributed by atoms with Crippen LogP contribution in [0.2, 0.25) is 5.02 Å². The number of hydrogen-bond donors (Lipinski definition) is 1. The summed E-state index contributed by atoms with van der Waals surface area (Å²) in [6.07, 6.45) is 1.68. The molecule has 0 amide bonds. The highest BCUT2D eigenvalue weighted by molar-refractivity contribution is 6.30. The third-order valence-corrected chi connectivity index (χ3v) is 4.11. The summed E-state index contributed by atoms with van der Waals surface area (Å²) in [5.74, 6) is 0. The van der Waals surface area contributed by atoms with Gasteiger partial charge in [0.05, 0.1) is 11.4 Å². The average molecular weight is 337 g/mol. The Hall–Kier alpha value is -2.92. The first kappa shape index (κ1) is 14.7. The maximum absolute atomic E-state index is 12.5. The predicted octanol–water partition coefficient (Wildman–Crippen LogP) is 3.71. The second-order valence-corrected chi connectivity index (χ2v) is 5.91. The Labute approximate surface area is 142 Å². The molecule has 0 unspecified atom stereocenters. The van der Waals surface area contributed by atoms with Crippen molar-refractivity contribution >= 4 is 17.2 Å². The standard InChI is InChI=1S/C18H13ClN4O/c1-11-17(12-5-7-13(19)8-6-12)18-21-15(10-16(24)23(18)22-11)14-4-2-3-9-20-14/h2-10,22H,1H3. The number of H-pyrrole nitrogens is 1. The highest BCUT2D eigenvalue weighted by Crippen LogP contribution is 2.28. The number of aryl methyl sites for hydroxylation is 1. The number of nitrogens with zero attached hydrogens (tertiary/aromatic N) is 3. The average Bonchev–Trinajstić information content (AvgIpc) is 2.93. The molecule has 4 aromatic rings. The predicted molar refractivity (Wildman–Crippen MR) is 94.2 cm³/mol. The lowest BCUT2D eigenvalue weighted by molar-refractivity contribution is 0.881. The van der Waals surface area contributed by atoms with Crippen LogP contribution in [0.3, 0.4) is 0 Å². The third kappa shape index (κ3) is 2.39. The maximum Gasteiger partial charge on any atom is 0.273 e. The van der Waals surface area contributed by atoms with E-state index in [1.54, 1.807) is 6.20 Å². The minimum atomic E-state index is -0.177. The number of pyridine rings is 1. The van der Waals surface area contributed by atoms with Crippen molar-refractivity contribution < 1.29 is 0 Å². The fraction of sp³-hybridized carbons (Fsp3) is 0.0556. The fourth-order valence-electron chi connectivity index (χ4n) is 2.76. The van der Waals surface area contributed by atoms with Crippen molar-refractivity contribution in [3.05, 3.63) is 75.8 Å². The van der Waals surface area contributed by atoms with Gasteiger partial charge in [-0.3, -0.25) is 14.9 Å². The van der Waals surface area contributed by atoms with E-state index in [2.05, 4.69) is 15.1 Å². The zero-order chi connectivity index (χ0) is 16.7. The largest absolute Gasteiger partial charge is 0.293 e. The maximum atomic E-state index is 12.5. The van der Waals surface area contributed by atoms with Crippen LogP contribution in [0.5, 0.6) is 0 Å². The summed E-state index contributed by atoms with van der Waals surface area (Å²) < 4.78 is 1.45. The number of fused-ring (bicyclic) bond motifs is 1. The Morgan fingerprint density at radius 3 is 2.58 bits per heavy atom. The summed E-state index contributed by atoms with van der Waals surface area (Å²) in [6, 6.07) is 14.5. The van der Waals surface area contributed by atoms with Gasteiger partial charge in [-0.25, -0.2) is 9.50 Å². The van der Waals surface area contributed by atoms with E-state index in [-0.39, 0.29) is 5.56 Å². The zero-order valence-electron chi connectivity index (χ0n) is 12.8. The smallest absolute Gasteiger partial charge is 0.273 e. The van der Waals surface area contributed by atoms with Crippen LogP contribution in [0, 0.1) is 6.92 Å². The summed E-state index contributed by atoms with van der Waals surface area (Å²) in [6.45, 7) is 1.92. The molecule has 0 saturated carbocycles. The van der Waals surface area contributed by atoms with Crippen LogP contribution < -0.4 is 5.56 Å². The van der Waals surface area contributed by atoms with Gasteiger partial charge in [-0.1, -0.05) is 29.8 Å². The highest BCUT2D eigenvalue weighted by Gasteiger charge is 2.15. The van der Waals surface area contributed by atoms with Crippen LogP contribution in [0.15, 0.2) is 59.5 Å². The summed E-state index contributed by atoms with van der Waals surface area (Å²) in [5.41, 5.74) is 4.29. The first-order chi connectivity index (χ1) is 11.6. The first-order valence-electron chi connectivity index (χ1n) is 7.43. The van der Waals surface area contributed by atoms with Crippen LogP contribution in [0.4, 0.5) is 0 Å². The van der Waals surface area contributed by atoms with Crippen molar-refractivity contribution in [2.75, 3.05) is 0 Å². The van der Waals surface area contributed by atoms with Gasteiger partial charge in [-0.2, -0.15) is 0 Å². The summed E-state index contributed by atoms with van der Waals surface area (Å²) in [7, 11) is 0. The molecule has 0 aliphatic carbocycles. The lowest BCUT2D eigenvalue weighted by Crippen LogP contribution is -2.14. The lowest BCUT2D eigenvalue weighted by Gasteiger charge is -2.03. The van der Waals surface area contributed by atoms with Gasteiger partial charge in [0.15, 0.2) is 5.65 Å². The molecule has 0 saturated heterocycles. The molecule has 1 aromatic carbocycles. The van der Waals surface area contributed by atoms with Crippen molar-refractivity contribution in [3.8, 4) is 22.5 Å². The molecule has 0 aliphatic heterocycles. The van der Waals surface area contributed by atoms with E-state index in [0.717, 1.165) is 16.8 Å². The molecule has 0 spiro atoms. The van der Waals surface area contributed by atoms with Crippen molar-refractivity contribution in [3.63, 3.8) is 0 Å². The number of nitrogens with one attached hydrogen (secondary N) is 1. The van der Waals surface area contributed by atoms with Gasteiger partial charge in [-0.15, -0.1) is 0 Å². The second-order valence-electron chi connectivity index (χ2n) is 5.47. The Balaban J connectivity index is 2.01. The summed E-state index contributed by atoms with van der Waals surface area (Å²) in [5, 5.41) is 3.74. The van der Waals surface area contributed by atoms with Gasteiger partial charge in [0.1, 0.15) is 0 Å². The number of aromatic nitrogens is 4. The number of halogens is 1. The van der Waals surface area contributed by atoms with E-state index in [9.17, 15) is 4.79 Å². The summed E-state index contributed by atoms with van der Waals surface area (Å²) >= 11 is 5.97. The van der Waals surface area contributed by atoms with Gasteiger partial charge in [-0.05, 0) is 36.8 Å². The van der Waals surface area contributed by atoms with Crippen molar-refractivity contribution in [2.45, 2.75) is 6.92 Å². The fourth-order valence-corrected chi connectivity index (χ4v) is 2.88. The van der Waals surface area contributed by atoms with Crippen LogP contribution >= 0.6 is 11.6 Å². The molecule has 3 heterocycles. The van der Waals surface area contributed by atoms with Crippen LogP contribution in [0.1, 0.15) is 5.69 Å². The molecular weight excluding hydrogens is 324 g/mol. The Bertz CT molecular complexity index is 1080. The van der Waals surface area contributed by atoms with Crippen LogP contribution in [-0.2, 0) is 0 Å². The molecule has 1 N–H and O–H groups in total. The lowest BCUT2D eigenvalue weighted by atomic mass is 10.1. The molecule has 24 heavy (non-hydrogen) atoms. The van der Waals surface area contributed by atoms with Gasteiger partial charge in [0, 0.05) is 28.5 Å². The zero-order valence-corrected chi connectivity index (χ0v) is 13.6. The minimum Gasteiger partial charge on any atom is -0.293 e. The molecule has 5 nitrogen and oxygen atoms in total. The molecule has 6 heteroatoms. The first-order valence-corrected chi connectivity index (χ1v) is 7.81. The molecule has 0 bridgehead atoms. The number of aromatic amines is 1. The molecular formula is C18H13ClN4O. The molecule has 0 fully saturated rings. The van der Waals surface area contributed by atoms with E-state index < -0.39 is 0 Å². The SMILES string of the molecule is Cc1[nH]n2c(=O)cc(-c3ccccn3)nc2c1-c1ccc(Cl)cc1. The van der Waals surface area contributed by atoms with E-state index >= 15 is 0 Å². The Kier molecular flexibility index (Phi) is 3.43. The number of rotatable bonds is 2. The Morgan fingerprint density at radius 1 is 1.08 bits per heavy atom. The molecule has 4 rings (SSSR count). The van der Waals surface area contributed by atoms with E-state index in [0.29, 0.717) is 22.1 Å². The third-order valence-electron chi connectivity index (χ3n) is 3.86. The molecule has 3 aromatic heterocycles. The molecule has 0 radical (unpaired) electrons. The van der Waals surface area contributed by atoms with E-state index in [4.69, 9.17) is 11.6 Å². The van der Waals surface area contributed by atoms with E-state index in [1.165, 1.54) is 10.6 Å².